The molecule has 0 bridgehead atoms. The lowest BCUT2D eigenvalue weighted by Gasteiger charge is -2.12. The van der Waals surface area contributed by atoms with Crippen LogP contribution in [0.3, 0.4) is 0 Å². The molecule has 0 fully saturated rings. The van der Waals surface area contributed by atoms with Crippen molar-refractivity contribution in [2.24, 2.45) is 4.99 Å². The molecule has 0 unspecified atom stereocenters. The number of hydrogen-bond acceptors (Lipinski definition) is 4. The van der Waals surface area contributed by atoms with E-state index in [2.05, 4.69) is 26.6 Å². The van der Waals surface area contributed by atoms with Crippen molar-refractivity contribution in [1.82, 2.24) is 0 Å². The maximum atomic E-state index is 13.2. The number of aryl methyl sites for hydroxylation is 1. The maximum Gasteiger partial charge on any atom is 0.275 e. The molecule has 0 radical (unpaired) electrons. The summed E-state index contributed by atoms with van der Waals surface area (Å²) in [7, 11) is 0. The smallest absolute Gasteiger partial charge is 0.275 e. The summed E-state index contributed by atoms with van der Waals surface area (Å²) in [6.07, 6.45) is 3.98. The van der Waals surface area contributed by atoms with Gasteiger partial charge in [-0.05, 0) is 61.6 Å². The number of hydrogen-bond donors (Lipinski definition) is 2. The molecule has 2 N–H and O–H groups in total. The van der Waals surface area contributed by atoms with Crippen molar-refractivity contribution in [3.8, 4) is 0 Å². The van der Waals surface area contributed by atoms with E-state index in [4.69, 9.17) is 4.99 Å². The second-order valence-corrected chi connectivity index (χ2v) is 9.31. The summed E-state index contributed by atoms with van der Waals surface area (Å²) in [5.74, 6) is -0.420. The lowest BCUT2D eigenvalue weighted by Crippen LogP contribution is -2.16. The van der Waals surface area contributed by atoms with Crippen molar-refractivity contribution in [3.63, 3.8) is 0 Å². The average Bonchev–Trinajstić information content (AvgIpc) is 3.26. The zero-order chi connectivity index (χ0) is 20.7. The standard InChI is InChI=1S/C23H18BrN3O2S/c24-13-10-11-17-16(12-13)20(22(29)26-17)27-23-19(15-8-4-5-9-18(15)30-23)21(28)25-14-6-2-1-3-7-14/h1-3,6-7,10-12H,4-5,8-9H2,(H,25,28)(H,26,27,29). The molecule has 3 aromatic rings. The van der Waals surface area contributed by atoms with Crippen LogP contribution in [-0.4, -0.2) is 17.5 Å². The molecule has 1 aliphatic carbocycles. The maximum absolute atomic E-state index is 13.2. The number of nitrogens with one attached hydrogen (secondary N) is 2. The van der Waals surface area contributed by atoms with Crippen molar-refractivity contribution < 1.29 is 9.59 Å². The fourth-order valence-corrected chi connectivity index (χ4v) is 5.54. The van der Waals surface area contributed by atoms with Gasteiger partial charge in [0.05, 0.1) is 11.3 Å². The van der Waals surface area contributed by atoms with E-state index >= 15 is 0 Å². The summed E-state index contributed by atoms with van der Waals surface area (Å²) in [6.45, 7) is 0. The lowest BCUT2D eigenvalue weighted by atomic mass is 9.95. The average molecular weight is 480 g/mol. The predicted molar refractivity (Wildman–Crippen MR) is 124 cm³/mol. The molecule has 30 heavy (non-hydrogen) atoms. The van der Waals surface area contributed by atoms with E-state index < -0.39 is 0 Å². The van der Waals surface area contributed by atoms with E-state index in [9.17, 15) is 9.59 Å². The van der Waals surface area contributed by atoms with E-state index in [0.717, 1.165) is 52.7 Å². The summed E-state index contributed by atoms with van der Waals surface area (Å²) >= 11 is 4.99. The fraction of sp³-hybridized carbons (Fsp3) is 0.174. The summed E-state index contributed by atoms with van der Waals surface area (Å²) in [6, 6.07) is 15.0. The highest BCUT2D eigenvalue weighted by atomic mass is 79.9. The third-order valence-corrected chi connectivity index (χ3v) is 7.00. The van der Waals surface area contributed by atoms with Crippen molar-refractivity contribution in [2.75, 3.05) is 10.6 Å². The largest absolute Gasteiger partial charge is 0.322 e. The van der Waals surface area contributed by atoms with Crippen molar-refractivity contribution in [1.29, 1.82) is 0 Å². The first-order valence-electron chi connectivity index (χ1n) is 9.81. The number of nitrogens with zero attached hydrogens (tertiary/aromatic N) is 1. The number of benzene rings is 2. The molecule has 0 saturated carbocycles. The van der Waals surface area contributed by atoms with Gasteiger partial charge in [0, 0.05) is 20.6 Å². The summed E-state index contributed by atoms with van der Waals surface area (Å²) < 4.78 is 0.873. The third kappa shape index (κ3) is 3.48. The van der Waals surface area contributed by atoms with Gasteiger partial charge in [0.2, 0.25) is 0 Å². The predicted octanol–water partition coefficient (Wildman–Crippen LogP) is 5.71. The van der Waals surface area contributed by atoms with Crippen LogP contribution in [-0.2, 0) is 17.6 Å². The van der Waals surface area contributed by atoms with Crippen LogP contribution in [0.1, 0.15) is 39.2 Å². The van der Waals surface area contributed by atoms with E-state index in [0.29, 0.717) is 16.3 Å². The second-order valence-electron chi connectivity index (χ2n) is 7.32. The van der Waals surface area contributed by atoms with Crippen LogP contribution in [0.25, 0.3) is 0 Å². The second kappa shape index (κ2) is 7.81. The number of thiophene rings is 1. The Morgan fingerprint density at radius 2 is 1.90 bits per heavy atom. The van der Waals surface area contributed by atoms with Crippen LogP contribution >= 0.6 is 27.3 Å². The number of carbonyl (C=O) groups is 2. The fourth-order valence-electron chi connectivity index (χ4n) is 3.92. The number of rotatable bonds is 3. The first-order valence-corrected chi connectivity index (χ1v) is 11.4. The molecule has 5 rings (SSSR count). The first kappa shape index (κ1) is 19.2. The van der Waals surface area contributed by atoms with Gasteiger partial charge < -0.3 is 10.6 Å². The molecule has 150 valence electrons. The number of aliphatic imine (C=N–C) groups is 1. The Bertz CT molecular complexity index is 1200. The van der Waals surface area contributed by atoms with E-state index in [1.165, 1.54) is 16.2 Å². The number of halogens is 1. The van der Waals surface area contributed by atoms with Gasteiger partial charge in [0.1, 0.15) is 10.7 Å². The molecule has 1 aromatic heterocycles. The molecule has 5 nitrogen and oxygen atoms in total. The summed E-state index contributed by atoms with van der Waals surface area (Å²) in [5, 5.41) is 6.45. The van der Waals surface area contributed by atoms with Gasteiger partial charge in [-0.3, -0.25) is 9.59 Å². The van der Waals surface area contributed by atoms with Gasteiger partial charge in [-0.15, -0.1) is 11.3 Å². The first-order chi connectivity index (χ1) is 14.6. The Morgan fingerprint density at radius 1 is 1.10 bits per heavy atom. The number of para-hydroxylation sites is 1. The molecule has 7 heteroatoms. The van der Waals surface area contributed by atoms with E-state index in [1.54, 1.807) is 0 Å². The van der Waals surface area contributed by atoms with Crippen LogP contribution < -0.4 is 10.6 Å². The third-order valence-electron chi connectivity index (χ3n) is 5.32. The summed E-state index contributed by atoms with van der Waals surface area (Å²) in [4.78, 5) is 31.8. The molecule has 1 aliphatic heterocycles. The quantitative estimate of drug-likeness (QED) is 0.504. The number of carbonyl (C=O) groups excluding carboxylic acids is 2. The van der Waals surface area contributed by atoms with E-state index in [-0.39, 0.29) is 11.8 Å². The van der Waals surface area contributed by atoms with Gasteiger partial charge in [0.15, 0.2) is 0 Å². The number of fused-ring (bicyclic) bond motifs is 2. The highest BCUT2D eigenvalue weighted by Crippen LogP contribution is 2.41. The number of amides is 2. The highest BCUT2D eigenvalue weighted by Gasteiger charge is 2.30. The normalized spacial score (nSPS) is 16.2. The minimum absolute atomic E-state index is 0.173. The van der Waals surface area contributed by atoms with Crippen LogP contribution in [0.5, 0.6) is 0 Å². The van der Waals surface area contributed by atoms with Gasteiger partial charge in [0.25, 0.3) is 11.8 Å². The zero-order valence-corrected chi connectivity index (χ0v) is 18.4. The van der Waals surface area contributed by atoms with Crippen molar-refractivity contribution >= 4 is 61.2 Å². The molecule has 0 saturated heterocycles. The molecule has 0 spiro atoms. The summed E-state index contributed by atoms with van der Waals surface area (Å²) in [5.41, 5.74) is 4.24. The van der Waals surface area contributed by atoms with Crippen molar-refractivity contribution in [3.05, 3.63) is 74.6 Å². The topological polar surface area (TPSA) is 70.6 Å². The Labute approximate surface area is 186 Å². The van der Waals surface area contributed by atoms with Gasteiger partial charge >= 0.3 is 0 Å². The Balaban J connectivity index is 1.60. The monoisotopic (exact) mass is 479 g/mol. The highest BCUT2D eigenvalue weighted by molar-refractivity contribution is 9.10. The zero-order valence-electron chi connectivity index (χ0n) is 16.0. The molecule has 2 amide bonds. The molecular weight excluding hydrogens is 462 g/mol. The van der Waals surface area contributed by atoms with Gasteiger partial charge in [-0.25, -0.2) is 4.99 Å². The Kier molecular flexibility index (Phi) is 5.00. The van der Waals surface area contributed by atoms with Crippen LogP contribution in [0.4, 0.5) is 16.4 Å². The van der Waals surface area contributed by atoms with Gasteiger partial charge in [-0.1, -0.05) is 34.1 Å². The Morgan fingerprint density at radius 3 is 2.73 bits per heavy atom. The van der Waals surface area contributed by atoms with Crippen molar-refractivity contribution in [2.45, 2.75) is 25.7 Å². The van der Waals surface area contributed by atoms with Crippen LogP contribution in [0, 0.1) is 0 Å². The minimum atomic E-state index is -0.246. The van der Waals surface area contributed by atoms with E-state index in [1.807, 2.05) is 48.5 Å². The molecular formula is C23H18BrN3O2S. The van der Waals surface area contributed by atoms with Gasteiger partial charge in [-0.2, -0.15) is 0 Å². The van der Waals surface area contributed by atoms with Crippen LogP contribution in [0.2, 0.25) is 0 Å². The SMILES string of the molecule is O=C1Nc2ccc(Br)cc2C1=Nc1sc2c(c1C(=O)Nc1ccccc1)CCCC2. The minimum Gasteiger partial charge on any atom is -0.322 e. The van der Waals surface area contributed by atoms with Crippen LogP contribution in [0.15, 0.2) is 58.0 Å². The molecule has 0 atom stereocenters. The molecule has 2 heterocycles. The Hall–Kier alpha value is -2.77. The number of anilines is 2. The molecule has 2 aromatic carbocycles. The molecule has 2 aliphatic rings. The lowest BCUT2D eigenvalue weighted by molar-refractivity contribution is -0.110.